The van der Waals surface area contributed by atoms with E-state index in [4.69, 9.17) is 5.73 Å². The van der Waals surface area contributed by atoms with E-state index in [0.717, 1.165) is 17.3 Å². The molecular formula is C15H22BrN. The molecule has 1 rings (SSSR count). The maximum Gasteiger partial charge on any atom is 0.0297 e. The first-order valence-electron chi connectivity index (χ1n) is 6.27. The number of hydrogen-bond acceptors (Lipinski definition) is 1. The van der Waals surface area contributed by atoms with Gasteiger partial charge in [0, 0.05) is 10.5 Å². The molecule has 0 saturated carbocycles. The van der Waals surface area contributed by atoms with Gasteiger partial charge in [-0.15, -0.1) is 6.58 Å². The molecule has 1 aromatic rings. The van der Waals surface area contributed by atoms with Crippen LogP contribution in [0.4, 0.5) is 0 Å². The predicted molar refractivity (Wildman–Crippen MR) is 79.1 cm³/mol. The molecule has 0 spiro atoms. The third-order valence-electron chi connectivity index (χ3n) is 3.06. The van der Waals surface area contributed by atoms with Crippen molar-refractivity contribution in [3.8, 4) is 0 Å². The van der Waals surface area contributed by atoms with Crippen molar-refractivity contribution in [1.29, 1.82) is 0 Å². The van der Waals surface area contributed by atoms with Crippen molar-refractivity contribution in [3.05, 3.63) is 46.5 Å². The van der Waals surface area contributed by atoms with E-state index in [2.05, 4.69) is 47.6 Å². The number of nitrogens with two attached hydrogens (primary N) is 1. The van der Waals surface area contributed by atoms with Crippen LogP contribution in [0.1, 0.15) is 49.3 Å². The summed E-state index contributed by atoms with van der Waals surface area (Å²) in [5, 5.41) is 0. The van der Waals surface area contributed by atoms with Crippen molar-refractivity contribution >= 4 is 15.9 Å². The fourth-order valence-electron chi connectivity index (χ4n) is 2.00. The number of aryl methyl sites for hydroxylation is 1. The van der Waals surface area contributed by atoms with Gasteiger partial charge in [-0.3, -0.25) is 0 Å². The lowest BCUT2D eigenvalue weighted by Crippen LogP contribution is -2.11. The van der Waals surface area contributed by atoms with Gasteiger partial charge < -0.3 is 5.73 Å². The van der Waals surface area contributed by atoms with Gasteiger partial charge in [0.25, 0.3) is 0 Å². The molecule has 2 N–H and O–H groups in total. The van der Waals surface area contributed by atoms with Crippen LogP contribution < -0.4 is 5.73 Å². The lowest BCUT2D eigenvalue weighted by molar-refractivity contribution is 0.570. The molecule has 0 saturated heterocycles. The SMILES string of the molecule is C=CCCCCCC(N)c1cc(Br)ccc1C. The average molecular weight is 296 g/mol. The smallest absolute Gasteiger partial charge is 0.0297 e. The summed E-state index contributed by atoms with van der Waals surface area (Å²) < 4.78 is 1.11. The Morgan fingerprint density at radius 1 is 1.35 bits per heavy atom. The van der Waals surface area contributed by atoms with E-state index in [1.54, 1.807) is 0 Å². The van der Waals surface area contributed by atoms with Gasteiger partial charge in [-0.25, -0.2) is 0 Å². The van der Waals surface area contributed by atoms with Gasteiger partial charge in [0.05, 0.1) is 0 Å². The number of rotatable bonds is 7. The van der Waals surface area contributed by atoms with Gasteiger partial charge in [-0.2, -0.15) is 0 Å². The predicted octanol–water partition coefficient (Wildman–Crippen LogP) is 4.89. The molecule has 1 nitrogen and oxygen atoms in total. The van der Waals surface area contributed by atoms with Crippen LogP contribution in [0.25, 0.3) is 0 Å². The molecule has 1 unspecified atom stereocenters. The molecule has 2 heteroatoms. The van der Waals surface area contributed by atoms with Crippen LogP contribution in [-0.4, -0.2) is 0 Å². The van der Waals surface area contributed by atoms with E-state index in [1.807, 2.05) is 6.08 Å². The van der Waals surface area contributed by atoms with Crippen LogP contribution in [0, 0.1) is 6.92 Å². The topological polar surface area (TPSA) is 26.0 Å². The van der Waals surface area contributed by atoms with Gasteiger partial charge in [0.1, 0.15) is 0 Å². The summed E-state index contributed by atoms with van der Waals surface area (Å²) in [5.74, 6) is 0. The van der Waals surface area contributed by atoms with Gasteiger partial charge in [0.15, 0.2) is 0 Å². The van der Waals surface area contributed by atoms with E-state index < -0.39 is 0 Å². The highest BCUT2D eigenvalue weighted by Crippen LogP contribution is 2.24. The van der Waals surface area contributed by atoms with Crippen molar-refractivity contribution in [3.63, 3.8) is 0 Å². The highest BCUT2D eigenvalue weighted by atomic mass is 79.9. The Morgan fingerprint density at radius 2 is 2.12 bits per heavy atom. The first-order valence-corrected chi connectivity index (χ1v) is 7.07. The zero-order valence-electron chi connectivity index (χ0n) is 10.6. The van der Waals surface area contributed by atoms with E-state index in [9.17, 15) is 0 Å². The molecule has 94 valence electrons. The minimum atomic E-state index is 0.163. The number of allylic oxidation sites excluding steroid dienone is 1. The van der Waals surface area contributed by atoms with Crippen LogP contribution in [-0.2, 0) is 0 Å². The molecule has 0 fully saturated rings. The summed E-state index contributed by atoms with van der Waals surface area (Å²) in [6.07, 6.45) is 7.83. The zero-order chi connectivity index (χ0) is 12.7. The van der Waals surface area contributed by atoms with Crippen LogP contribution in [0.15, 0.2) is 35.3 Å². The normalized spacial score (nSPS) is 12.4. The molecule has 1 atom stereocenters. The van der Waals surface area contributed by atoms with Crippen molar-refractivity contribution in [2.75, 3.05) is 0 Å². The number of halogens is 1. The maximum atomic E-state index is 6.24. The second kappa shape index (κ2) is 7.67. The second-order valence-corrected chi connectivity index (χ2v) is 5.45. The van der Waals surface area contributed by atoms with Crippen molar-refractivity contribution < 1.29 is 0 Å². The summed E-state index contributed by atoms with van der Waals surface area (Å²) in [6, 6.07) is 6.49. The maximum absolute atomic E-state index is 6.24. The highest BCUT2D eigenvalue weighted by Gasteiger charge is 2.08. The van der Waals surface area contributed by atoms with Crippen LogP contribution in [0.2, 0.25) is 0 Å². The number of unbranched alkanes of at least 4 members (excludes halogenated alkanes) is 3. The number of hydrogen-bond donors (Lipinski definition) is 1. The summed E-state index contributed by atoms with van der Waals surface area (Å²) in [5.41, 5.74) is 8.79. The summed E-state index contributed by atoms with van der Waals surface area (Å²) in [6.45, 7) is 5.86. The molecule has 0 aliphatic rings. The van der Waals surface area contributed by atoms with E-state index in [-0.39, 0.29) is 6.04 Å². The van der Waals surface area contributed by atoms with E-state index in [0.29, 0.717) is 0 Å². The largest absolute Gasteiger partial charge is 0.324 e. The first kappa shape index (κ1) is 14.5. The third kappa shape index (κ3) is 5.05. The minimum absolute atomic E-state index is 0.163. The molecule has 0 heterocycles. The molecule has 17 heavy (non-hydrogen) atoms. The third-order valence-corrected chi connectivity index (χ3v) is 3.56. The Hall–Kier alpha value is -0.600. The molecule has 0 aliphatic heterocycles. The van der Waals surface area contributed by atoms with Gasteiger partial charge in [-0.1, -0.05) is 40.9 Å². The first-order chi connectivity index (χ1) is 8.15. The molecule has 1 aromatic carbocycles. The van der Waals surface area contributed by atoms with Crippen LogP contribution in [0.5, 0.6) is 0 Å². The Labute approximate surface area is 113 Å². The van der Waals surface area contributed by atoms with Crippen LogP contribution in [0.3, 0.4) is 0 Å². The highest BCUT2D eigenvalue weighted by molar-refractivity contribution is 9.10. The van der Waals surface area contributed by atoms with Crippen LogP contribution >= 0.6 is 15.9 Å². The average Bonchev–Trinajstić information content (AvgIpc) is 2.32. The van der Waals surface area contributed by atoms with Crippen molar-refractivity contribution in [2.24, 2.45) is 5.73 Å². The summed E-state index contributed by atoms with van der Waals surface area (Å²) >= 11 is 3.50. The summed E-state index contributed by atoms with van der Waals surface area (Å²) in [4.78, 5) is 0. The van der Waals surface area contributed by atoms with Gasteiger partial charge in [0.2, 0.25) is 0 Å². The lowest BCUT2D eigenvalue weighted by atomic mass is 9.97. The molecule has 0 amide bonds. The van der Waals surface area contributed by atoms with Gasteiger partial charge >= 0.3 is 0 Å². The lowest BCUT2D eigenvalue weighted by Gasteiger charge is -2.15. The monoisotopic (exact) mass is 295 g/mol. The fraction of sp³-hybridized carbons (Fsp3) is 0.467. The molecule has 0 bridgehead atoms. The van der Waals surface area contributed by atoms with E-state index in [1.165, 1.54) is 30.4 Å². The molecular weight excluding hydrogens is 274 g/mol. The Bertz CT molecular complexity index is 360. The Balaban J connectivity index is 2.43. The fourth-order valence-corrected chi connectivity index (χ4v) is 2.37. The Kier molecular flexibility index (Phi) is 6.53. The molecule has 0 aromatic heterocycles. The second-order valence-electron chi connectivity index (χ2n) is 4.53. The van der Waals surface area contributed by atoms with Crippen molar-refractivity contribution in [2.45, 2.75) is 45.1 Å². The Morgan fingerprint density at radius 3 is 2.82 bits per heavy atom. The van der Waals surface area contributed by atoms with Gasteiger partial charge in [-0.05, 0) is 49.4 Å². The molecule has 0 aliphatic carbocycles. The summed E-state index contributed by atoms with van der Waals surface area (Å²) in [7, 11) is 0. The van der Waals surface area contributed by atoms with E-state index >= 15 is 0 Å². The standard InChI is InChI=1S/C15H22BrN/c1-3-4-5-6-7-8-15(17)14-11-13(16)10-9-12(14)2/h3,9-11,15H,1,4-8,17H2,2H3. The van der Waals surface area contributed by atoms with Crippen molar-refractivity contribution in [1.82, 2.24) is 0 Å². The number of benzene rings is 1. The minimum Gasteiger partial charge on any atom is -0.324 e. The quantitative estimate of drug-likeness (QED) is 0.562. The zero-order valence-corrected chi connectivity index (χ0v) is 12.2. The molecule has 0 radical (unpaired) electrons.